The summed E-state index contributed by atoms with van der Waals surface area (Å²) in [6.07, 6.45) is 1.14. The number of phenolic OH excluding ortho intramolecular Hbond substituents is 1. The third-order valence-corrected chi connectivity index (χ3v) is 14.6. The molecule has 4 bridgehead atoms. The lowest BCUT2D eigenvalue weighted by Crippen LogP contribution is -2.69. The highest BCUT2D eigenvalue weighted by Gasteiger charge is 2.63. The lowest BCUT2D eigenvalue weighted by atomic mass is 9.76. The van der Waals surface area contributed by atoms with Crippen molar-refractivity contribution in [1.29, 1.82) is 0 Å². The number of aliphatic hydroxyl groups is 1. The summed E-state index contributed by atoms with van der Waals surface area (Å²) in [5.74, 6) is 1.35. The van der Waals surface area contributed by atoms with Gasteiger partial charge in [-0.3, -0.25) is 19.9 Å². The maximum Gasteiger partial charge on any atom is 0.333 e. The van der Waals surface area contributed by atoms with E-state index in [1.165, 1.54) is 6.92 Å². The van der Waals surface area contributed by atoms with Crippen molar-refractivity contribution < 1.29 is 43.5 Å². The van der Waals surface area contributed by atoms with Crippen LogP contribution >= 0.6 is 11.8 Å². The number of hydrogen-bond donors (Lipinski definition) is 4. The van der Waals surface area contributed by atoms with E-state index in [-0.39, 0.29) is 43.6 Å². The van der Waals surface area contributed by atoms with Crippen LogP contribution in [-0.4, -0.2) is 101 Å². The number of para-hydroxylation sites is 1. The van der Waals surface area contributed by atoms with Crippen LogP contribution in [0.25, 0.3) is 10.9 Å². The van der Waals surface area contributed by atoms with E-state index in [1.54, 1.807) is 18.9 Å². The zero-order valence-corrected chi connectivity index (χ0v) is 33.1. The van der Waals surface area contributed by atoms with Crippen LogP contribution in [-0.2, 0) is 32.7 Å². The van der Waals surface area contributed by atoms with E-state index >= 15 is 4.79 Å². The molecule has 2 fully saturated rings. The Morgan fingerprint density at radius 3 is 2.66 bits per heavy atom. The summed E-state index contributed by atoms with van der Waals surface area (Å²) in [4.78, 5) is 36.5. The Morgan fingerprint density at radius 2 is 1.89 bits per heavy atom. The molecule has 8 aliphatic heterocycles. The van der Waals surface area contributed by atoms with Gasteiger partial charge in [0.25, 0.3) is 0 Å². The van der Waals surface area contributed by atoms with Crippen LogP contribution in [0.1, 0.15) is 75.8 Å². The predicted molar refractivity (Wildman–Crippen MR) is 208 cm³/mol. The number of aliphatic hydroxyl groups excluding tert-OH is 1. The largest absolute Gasteiger partial charge is 0.504 e. The van der Waals surface area contributed by atoms with Gasteiger partial charge in [-0.25, -0.2) is 4.79 Å². The fourth-order valence-corrected chi connectivity index (χ4v) is 12.9. The van der Waals surface area contributed by atoms with Gasteiger partial charge in [0, 0.05) is 70.0 Å². The number of thioether (sulfide) groups is 1. The number of H-pyrrole nitrogens is 1. The van der Waals surface area contributed by atoms with Crippen molar-refractivity contribution in [2.75, 3.05) is 46.5 Å². The third-order valence-electron chi connectivity index (χ3n) is 13.1. The number of benzene rings is 3. The molecule has 0 radical (unpaired) electrons. The maximum absolute atomic E-state index is 15.1. The number of methoxy groups -OCH3 is 1. The van der Waals surface area contributed by atoms with E-state index in [9.17, 15) is 15.0 Å². The summed E-state index contributed by atoms with van der Waals surface area (Å²) in [7, 11) is 3.68. The molecule has 1 spiro atoms. The van der Waals surface area contributed by atoms with E-state index < -0.39 is 40.4 Å². The molecule has 4 N–H and O–H groups in total. The number of aromatic hydroxyl groups is 1. The number of nitrogens with zero attached hydrogens (tertiary/aromatic N) is 2. The smallest absolute Gasteiger partial charge is 0.333 e. The molecule has 4 aromatic rings. The zero-order valence-electron chi connectivity index (χ0n) is 32.3. The molecule has 13 nitrogen and oxygen atoms in total. The first-order chi connectivity index (χ1) is 26.9. The van der Waals surface area contributed by atoms with Crippen LogP contribution in [0.15, 0.2) is 30.3 Å². The molecule has 0 aliphatic carbocycles. The van der Waals surface area contributed by atoms with Crippen molar-refractivity contribution in [2.24, 2.45) is 0 Å². The Morgan fingerprint density at radius 1 is 1.11 bits per heavy atom. The normalized spacial score (nSPS) is 31.3. The monoisotopic (exact) mass is 782 g/mol. The number of rotatable bonds is 3. The number of esters is 2. The molecule has 12 rings (SSSR count). The molecule has 8 atom stereocenters. The number of aromatic nitrogens is 1. The first-order valence-electron chi connectivity index (χ1n) is 19.2. The molecule has 56 heavy (non-hydrogen) atoms. The van der Waals surface area contributed by atoms with Crippen molar-refractivity contribution in [3.05, 3.63) is 75.0 Å². The number of phenols is 1. The topological polar surface area (TPSA) is 155 Å². The second-order valence-electron chi connectivity index (χ2n) is 16.5. The van der Waals surface area contributed by atoms with Crippen molar-refractivity contribution in [1.82, 2.24) is 20.1 Å². The van der Waals surface area contributed by atoms with E-state index in [2.05, 4.69) is 40.1 Å². The molecule has 1 aromatic heterocycles. The molecule has 2 saturated heterocycles. The van der Waals surface area contributed by atoms with Crippen molar-refractivity contribution >= 4 is 34.6 Å². The number of likely N-dealkylation sites (N-methyl/N-ethyl adjacent to an activating group) is 1. The summed E-state index contributed by atoms with van der Waals surface area (Å²) in [6.45, 7) is 7.92. The minimum Gasteiger partial charge on any atom is -0.504 e. The number of carbonyl (C=O) groups excluding carboxylic acids is 2. The van der Waals surface area contributed by atoms with Gasteiger partial charge < -0.3 is 38.9 Å². The first-order valence-corrected chi connectivity index (χ1v) is 20.3. The number of ether oxygens (including phenoxy) is 5. The SMILES string of the molecule is COc1c(C)cc2c(c1O)[C@H]1[C@@H]3[C@@H]4SC[C@]5(N[C@@H](CO)Cc6c5[nH]c5ccccc65)C(=O)OC[C@@H](c5c6c(c(C)c(OC(C)=O)c54)OCO6)N3C(C)(C2)CN1C. The highest BCUT2D eigenvalue weighted by molar-refractivity contribution is 7.99. The maximum atomic E-state index is 15.1. The van der Waals surface area contributed by atoms with E-state index in [0.717, 1.165) is 50.0 Å². The summed E-state index contributed by atoms with van der Waals surface area (Å²) < 4.78 is 31.1. The Kier molecular flexibility index (Phi) is 8.02. The number of piperazine rings is 1. The van der Waals surface area contributed by atoms with Gasteiger partial charge in [0.05, 0.1) is 36.7 Å². The Balaban J connectivity index is 1.26. The van der Waals surface area contributed by atoms with Crippen LogP contribution in [0.2, 0.25) is 0 Å². The van der Waals surface area contributed by atoms with Crippen LogP contribution < -0.4 is 24.3 Å². The van der Waals surface area contributed by atoms with Gasteiger partial charge in [-0.2, -0.15) is 0 Å². The lowest BCUT2D eigenvalue weighted by Gasteiger charge is -2.61. The fourth-order valence-electron chi connectivity index (χ4n) is 11.2. The predicted octanol–water partition coefficient (Wildman–Crippen LogP) is 4.61. The quantitative estimate of drug-likeness (QED) is 0.169. The minimum absolute atomic E-state index is 0.000358. The van der Waals surface area contributed by atoms with Crippen LogP contribution in [0.5, 0.6) is 28.7 Å². The van der Waals surface area contributed by atoms with Crippen molar-refractivity contribution in [2.45, 2.75) is 81.0 Å². The molecule has 294 valence electrons. The van der Waals surface area contributed by atoms with Gasteiger partial charge in [0.15, 0.2) is 28.5 Å². The second kappa shape index (κ2) is 12.5. The number of nitrogens with one attached hydrogen (secondary N) is 2. The highest BCUT2D eigenvalue weighted by Crippen LogP contribution is 2.65. The summed E-state index contributed by atoms with van der Waals surface area (Å²) in [5.41, 5.74) is 5.64. The van der Waals surface area contributed by atoms with Gasteiger partial charge in [-0.1, -0.05) is 24.3 Å². The van der Waals surface area contributed by atoms with E-state index in [0.29, 0.717) is 47.9 Å². The summed E-state index contributed by atoms with van der Waals surface area (Å²) in [5, 5.41) is 27.0. The molecular weight excluding hydrogens is 737 g/mol. The average Bonchev–Trinajstić information content (AvgIpc) is 3.76. The van der Waals surface area contributed by atoms with Gasteiger partial charge in [0.1, 0.15) is 12.4 Å². The molecule has 14 heteroatoms. The van der Waals surface area contributed by atoms with Gasteiger partial charge in [-0.05, 0) is 63.4 Å². The van der Waals surface area contributed by atoms with E-state index in [4.69, 9.17) is 23.7 Å². The molecule has 0 saturated carbocycles. The third kappa shape index (κ3) is 4.76. The van der Waals surface area contributed by atoms with Crippen LogP contribution in [0.3, 0.4) is 0 Å². The first kappa shape index (κ1) is 35.9. The Hall–Kier alpha value is -4.47. The minimum atomic E-state index is -1.36. The van der Waals surface area contributed by atoms with Gasteiger partial charge in [0.2, 0.25) is 6.79 Å². The standard InChI is InChI=1S/C42H46N4O9S/c1-19-11-22-13-41(4)16-45(5)31(28(22)33(49)34(19)51-6)32-38-30-29(37-36(53-18-54-37)20(2)35(30)55-21(3)48)27(46(32)41)15-52-40(50)42(17-56-38)39-25(12-23(14-47)44-42)24-9-7-8-10-26(24)43-39/h7-11,23,27,31-32,38,43-44,47,49H,12-18H2,1-6H3/t23-,27+,31+,32-,38-,41?,42-/m1/s1. The molecule has 0 amide bonds. The molecule has 8 aliphatic rings. The Bertz CT molecular complexity index is 2360. The van der Waals surface area contributed by atoms with Gasteiger partial charge in [-0.15, -0.1) is 11.8 Å². The number of fused-ring (bicyclic) bond motifs is 8. The Labute approximate surface area is 328 Å². The van der Waals surface area contributed by atoms with E-state index in [1.807, 2.05) is 38.1 Å². The highest BCUT2D eigenvalue weighted by atomic mass is 32.2. The summed E-state index contributed by atoms with van der Waals surface area (Å²) in [6, 6.07) is 8.47. The molecular formula is C42H46N4O9S. The summed E-state index contributed by atoms with van der Waals surface area (Å²) >= 11 is 1.59. The fraction of sp³-hybridized carbons (Fsp3) is 0.476. The number of aromatic amines is 1. The second-order valence-corrected chi connectivity index (χ2v) is 17.7. The lowest BCUT2D eigenvalue weighted by molar-refractivity contribution is -0.160. The van der Waals surface area contributed by atoms with Crippen molar-refractivity contribution in [3.63, 3.8) is 0 Å². The zero-order chi connectivity index (χ0) is 39.0. The molecule has 3 aromatic carbocycles. The average molecular weight is 783 g/mol. The molecule has 2 unspecified atom stereocenters. The van der Waals surface area contributed by atoms with Crippen LogP contribution in [0, 0.1) is 13.8 Å². The number of aryl methyl sites for hydroxylation is 1. The van der Waals surface area contributed by atoms with Crippen molar-refractivity contribution in [3.8, 4) is 28.7 Å². The number of carbonyl (C=O) groups is 2. The van der Waals surface area contributed by atoms with Gasteiger partial charge >= 0.3 is 11.9 Å². The number of hydrogen-bond acceptors (Lipinski definition) is 13. The van der Waals surface area contributed by atoms with Crippen LogP contribution in [0.4, 0.5) is 0 Å². The molecule has 9 heterocycles.